The van der Waals surface area contributed by atoms with Gasteiger partial charge in [0.05, 0.1) is 9.82 Å². The number of carbonyl (C=O) groups excluding carboxylic acids is 1. The minimum atomic E-state index is -3.56. The Labute approximate surface area is 157 Å². The van der Waals surface area contributed by atoms with E-state index in [9.17, 15) is 23.3 Å². The van der Waals surface area contributed by atoms with Gasteiger partial charge in [-0.15, -0.1) is 0 Å². The van der Waals surface area contributed by atoms with Crippen LogP contribution in [0.15, 0.2) is 53.4 Å². The minimum absolute atomic E-state index is 0.0778. The van der Waals surface area contributed by atoms with Crippen molar-refractivity contribution >= 4 is 33.1 Å². The number of nitrogens with one attached hydrogen (secondary N) is 2. The van der Waals surface area contributed by atoms with Crippen LogP contribution in [0.2, 0.25) is 0 Å². The van der Waals surface area contributed by atoms with E-state index in [4.69, 9.17) is 0 Å². The van der Waals surface area contributed by atoms with Gasteiger partial charge in [-0.1, -0.05) is 13.8 Å². The second-order valence-corrected chi connectivity index (χ2v) is 7.43. The highest BCUT2D eigenvalue weighted by molar-refractivity contribution is 7.89. The van der Waals surface area contributed by atoms with Gasteiger partial charge < -0.3 is 10.6 Å². The van der Waals surface area contributed by atoms with E-state index in [1.807, 2.05) is 0 Å². The highest BCUT2D eigenvalue weighted by Gasteiger charge is 2.21. The van der Waals surface area contributed by atoms with Crippen LogP contribution in [0, 0.1) is 10.1 Å². The van der Waals surface area contributed by atoms with Gasteiger partial charge in [0.1, 0.15) is 0 Å². The van der Waals surface area contributed by atoms with Gasteiger partial charge in [-0.2, -0.15) is 4.31 Å². The summed E-state index contributed by atoms with van der Waals surface area (Å²) in [6.07, 6.45) is 0. The minimum Gasteiger partial charge on any atom is -0.308 e. The second-order valence-electron chi connectivity index (χ2n) is 5.50. The average molecular weight is 392 g/mol. The number of amides is 2. The lowest BCUT2D eigenvalue weighted by Gasteiger charge is -2.18. The normalized spacial score (nSPS) is 11.2. The monoisotopic (exact) mass is 392 g/mol. The van der Waals surface area contributed by atoms with Crippen molar-refractivity contribution in [1.29, 1.82) is 0 Å². The van der Waals surface area contributed by atoms with Crippen LogP contribution in [0.3, 0.4) is 0 Å². The molecule has 2 aromatic rings. The van der Waals surface area contributed by atoms with E-state index in [1.54, 1.807) is 13.8 Å². The molecule has 10 heteroatoms. The Morgan fingerprint density at radius 2 is 1.41 bits per heavy atom. The molecule has 2 rings (SSSR count). The van der Waals surface area contributed by atoms with Crippen molar-refractivity contribution in [2.45, 2.75) is 18.7 Å². The Morgan fingerprint density at radius 3 is 1.81 bits per heavy atom. The van der Waals surface area contributed by atoms with Gasteiger partial charge in [0.25, 0.3) is 5.69 Å². The number of sulfonamides is 1. The topological polar surface area (TPSA) is 122 Å². The molecule has 144 valence electrons. The highest BCUT2D eigenvalue weighted by atomic mass is 32.2. The zero-order valence-electron chi connectivity index (χ0n) is 14.9. The Bertz CT molecular complexity index is 907. The molecule has 2 N–H and O–H groups in total. The molecule has 0 unspecified atom stereocenters. The lowest BCUT2D eigenvalue weighted by molar-refractivity contribution is -0.384. The van der Waals surface area contributed by atoms with Crippen LogP contribution in [0.1, 0.15) is 13.8 Å². The standard InChI is InChI=1S/C17H20N4O5S/c1-3-20(4-2)27(25,26)16-11-7-14(8-12-16)19-17(22)18-13-5-9-15(10-6-13)21(23)24/h5-12H,3-4H2,1-2H3,(H2,18,19,22). The molecule has 9 nitrogen and oxygen atoms in total. The summed E-state index contributed by atoms with van der Waals surface area (Å²) in [5, 5.41) is 15.7. The van der Waals surface area contributed by atoms with Crippen molar-refractivity contribution in [2.75, 3.05) is 23.7 Å². The lowest BCUT2D eigenvalue weighted by Crippen LogP contribution is -2.30. The van der Waals surface area contributed by atoms with Gasteiger partial charge in [-0.25, -0.2) is 13.2 Å². The fourth-order valence-corrected chi connectivity index (χ4v) is 3.84. The van der Waals surface area contributed by atoms with E-state index in [1.165, 1.54) is 52.8 Å². The smallest absolute Gasteiger partial charge is 0.308 e. The first-order valence-corrected chi connectivity index (χ1v) is 9.64. The molecule has 0 aromatic heterocycles. The van der Waals surface area contributed by atoms with Crippen molar-refractivity contribution in [2.24, 2.45) is 0 Å². The second kappa shape index (κ2) is 8.60. The van der Waals surface area contributed by atoms with E-state index in [0.717, 1.165) is 0 Å². The van der Waals surface area contributed by atoms with Crippen molar-refractivity contribution < 1.29 is 18.1 Å². The number of hydrogen-bond acceptors (Lipinski definition) is 5. The number of hydrogen-bond donors (Lipinski definition) is 2. The Kier molecular flexibility index (Phi) is 6.48. The van der Waals surface area contributed by atoms with E-state index in [-0.39, 0.29) is 10.6 Å². The van der Waals surface area contributed by atoms with Crippen LogP contribution in [0.4, 0.5) is 21.9 Å². The molecule has 2 aromatic carbocycles. The number of nitro benzene ring substituents is 1. The fourth-order valence-electron chi connectivity index (χ4n) is 2.38. The molecule has 0 aliphatic rings. The van der Waals surface area contributed by atoms with Crippen molar-refractivity contribution in [3.05, 3.63) is 58.6 Å². The third-order valence-corrected chi connectivity index (χ3v) is 5.86. The molecule has 0 heterocycles. The zero-order chi connectivity index (χ0) is 20.0. The molecule has 27 heavy (non-hydrogen) atoms. The van der Waals surface area contributed by atoms with Crippen LogP contribution in [-0.2, 0) is 10.0 Å². The first-order chi connectivity index (χ1) is 12.8. The number of rotatable bonds is 7. The summed E-state index contributed by atoms with van der Waals surface area (Å²) in [5.41, 5.74) is 0.720. The van der Waals surface area contributed by atoms with E-state index in [0.29, 0.717) is 24.5 Å². The Morgan fingerprint density at radius 1 is 0.963 bits per heavy atom. The molecule has 0 radical (unpaired) electrons. The van der Waals surface area contributed by atoms with Gasteiger partial charge in [-0.05, 0) is 36.4 Å². The molecule has 0 aliphatic carbocycles. The molecule has 0 atom stereocenters. The molecule has 0 bridgehead atoms. The van der Waals surface area contributed by atoms with Crippen LogP contribution < -0.4 is 10.6 Å². The maximum absolute atomic E-state index is 12.4. The summed E-state index contributed by atoms with van der Waals surface area (Å²) in [6.45, 7) is 4.27. The summed E-state index contributed by atoms with van der Waals surface area (Å²) >= 11 is 0. The van der Waals surface area contributed by atoms with Crippen LogP contribution >= 0.6 is 0 Å². The third-order valence-electron chi connectivity index (χ3n) is 3.79. The first-order valence-electron chi connectivity index (χ1n) is 8.20. The number of urea groups is 1. The molecule has 0 fully saturated rings. The van der Waals surface area contributed by atoms with Crippen LogP contribution in [0.25, 0.3) is 0 Å². The number of nitrogens with zero attached hydrogens (tertiary/aromatic N) is 2. The number of nitro groups is 1. The average Bonchev–Trinajstić information content (AvgIpc) is 2.63. The fraction of sp³-hybridized carbons (Fsp3) is 0.235. The predicted molar refractivity (Wildman–Crippen MR) is 102 cm³/mol. The van der Waals surface area contributed by atoms with Crippen molar-refractivity contribution in [3.63, 3.8) is 0 Å². The van der Waals surface area contributed by atoms with E-state index < -0.39 is 21.0 Å². The third kappa shape index (κ3) is 5.02. The van der Waals surface area contributed by atoms with Crippen LogP contribution in [-0.4, -0.2) is 36.8 Å². The van der Waals surface area contributed by atoms with Gasteiger partial charge in [-0.3, -0.25) is 10.1 Å². The first kappa shape index (κ1) is 20.3. The molecule has 2 amide bonds. The summed E-state index contributed by atoms with van der Waals surface area (Å²) < 4.78 is 26.2. The SMILES string of the molecule is CCN(CC)S(=O)(=O)c1ccc(NC(=O)Nc2ccc([N+](=O)[O-])cc2)cc1. The largest absolute Gasteiger partial charge is 0.323 e. The highest BCUT2D eigenvalue weighted by Crippen LogP contribution is 2.19. The number of carbonyl (C=O) groups is 1. The van der Waals surface area contributed by atoms with E-state index in [2.05, 4.69) is 10.6 Å². The Hall–Kier alpha value is -2.98. The molecular weight excluding hydrogens is 372 g/mol. The Balaban J connectivity index is 2.03. The molecular formula is C17H20N4O5S. The number of anilines is 2. The van der Waals surface area contributed by atoms with Crippen molar-refractivity contribution in [1.82, 2.24) is 4.31 Å². The lowest BCUT2D eigenvalue weighted by atomic mass is 10.3. The van der Waals surface area contributed by atoms with Gasteiger partial charge in [0, 0.05) is 36.6 Å². The van der Waals surface area contributed by atoms with Gasteiger partial charge in [0.15, 0.2) is 0 Å². The van der Waals surface area contributed by atoms with Crippen molar-refractivity contribution in [3.8, 4) is 0 Å². The summed E-state index contributed by atoms with van der Waals surface area (Å²) in [6, 6.07) is 10.7. The molecule has 0 saturated heterocycles. The van der Waals surface area contributed by atoms with E-state index >= 15 is 0 Å². The zero-order valence-corrected chi connectivity index (χ0v) is 15.7. The summed E-state index contributed by atoms with van der Waals surface area (Å²) in [7, 11) is -3.56. The summed E-state index contributed by atoms with van der Waals surface area (Å²) in [4.78, 5) is 22.2. The van der Waals surface area contributed by atoms with Crippen LogP contribution in [0.5, 0.6) is 0 Å². The van der Waals surface area contributed by atoms with Gasteiger partial charge >= 0.3 is 6.03 Å². The maximum Gasteiger partial charge on any atom is 0.323 e. The molecule has 0 saturated carbocycles. The molecule has 0 aliphatic heterocycles. The maximum atomic E-state index is 12.4. The molecule has 0 spiro atoms. The number of non-ortho nitro benzene ring substituents is 1. The predicted octanol–water partition coefficient (Wildman–Crippen LogP) is 3.27. The van der Waals surface area contributed by atoms with Gasteiger partial charge in [0.2, 0.25) is 10.0 Å². The summed E-state index contributed by atoms with van der Waals surface area (Å²) in [5.74, 6) is 0. The quantitative estimate of drug-likeness (QED) is 0.553. The number of benzene rings is 2.